The Balaban J connectivity index is 1.88. The lowest BCUT2D eigenvalue weighted by atomic mass is 10.1. The zero-order valence-electron chi connectivity index (χ0n) is 15.5. The van der Waals surface area contributed by atoms with Crippen LogP contribution < -0.4 is 10.1 Å². The van der Waals surface area contributed by atoms with E-state index in [0.717, 1.165) is 11.1 Å². The molecule has 0 aliphatic rings. The van der Waals surface area contributed by atoms with Crippen LogP contribution in [0.4, 0.5) is 0 Å². The highest BCUT2D eigenvalue weighted by Gasteiger charge is 2.18. The van der Waals surface area contributed by atoms with Crippen LogP contribution in [0.1, 0.15) is 21.5 Å². The molecule has 0 saturated carbocycles. The second kappa shape index (κ2) is 8.71. The van der Waals surface area contributed by atoms with Crippen LogP contribution in [0.15, 0.2) is 48.5 Å². The molecular weight excluding hydrogens is 380 g/mol. The molecule has 3 rings (SSSR count). The predicted octanol–water partition coefficient (Wildman–Crippen LogP) is 3.54. The van der Waals surface area contributed by atoms with E-state index in [9.17, 15) is 9.59 Å². The highest BCUT2D eigenvalue weighted by molar-refractivity contribution is 6.31. The zero-order valence-corrected chi connectivity index (χ0v) is 16.2. The molecule has 0 fully saturated rings. The fourth-order valence-electron chi connectivity index (χ4n) is 2.89. The molecule has 3 aromatic rings. The third-order valence-corrected chi connectivity index (χ3v) is 4.43. The summed E-state index contributed by atoms with van der Waals surface area (Å²) in [7, 11) is 2.72. The van der Waals surface area contributed by atoms with E-state index in [-0.39, 0.29) is 30.3 Å². The Labute approximate surface area is 167 Å². The minimum absolute atomic E-state index is 0.113. The third-order valence-electron chi connectivity index (χ3n) is 4.21. The molecule has 0 spiro atoms. The number of benzene rings is 2. The second-order valence-electron chi connectivity index (χ2n) is 6.11. The van der Waals surface area contributed by atoms with Crippen LogP contribution in [0.3, 0.4) is 0 Å². The van der Waals surface area contributed by atoms with Crippen molar-refractivity contribution in [3.8, 4) is 5.88 Å². The average molecular weight is 399 g/mol. The van der Waals surface area contributed by atoms with Gasteiger partial charge in [-0.25, -0.2) is 9.78 Å². The first-order chi connectivity index (χ1) is 13.5. The van der Waals surface area contributed by atoms with Crippen LogP contribution in [0.2, 0.25) is 5.02 Å². The summed E-state index contributed by atoms with van der Waals surface area (Å²) in [5.41, 5.74) is 2.45. The Morgan fingerprint density at radius 3 is 2.54 bits per heavy atom. The van der Waals surface area contributed by atoms with E-state index < -0.39 is 5.97 Å². The van der Waals surface area contributed by atoms with E-state index in [2.05, 4.69) is 10.3 Å². The molecule has 28 heavy (non-hydrogen) atoms. The first kappa shape index (κ1) is 19.6. The molecule has 1 amide bonds. The summed E-state index contributed by atoms with van der Waals surface area (Å²) >= 11 is 6.22. The number of fused-ring (bicyclic) bond motifs is 1. The Morgan fingerprint density at radius 2 is 1.86 bits per heavy atom. The number of amides is 1. The summed E-state index contributed by atoms with van der Waals surface area (Å²) < 4.78 is 10.0. The van der Waals surface area contributed by atoms with Crippen LogP contribution >= 0.6 is 11.6 Å². The number of esters is 1. The zero-order chi connectivity index (χ0) is 20.1. The van der Waals surface area contributed by atoms with Gasteiger partial charge in [0.25, 0.3) is 0 Å². The van der Waals surface area contributed by atoms with Gasteiger partial charge in [0, 0.05) is 17.0 Å². The van der Waals surface area contributed by atoms with Gasteiger partial charge in [-0.3, -0.25) is 4.79 Å². The molecule has 0 radical (unpaired) electrons. The molecular formula is C21H19ClN2O4. The molecule has 144 valence electrons. The van der Waals surface area contributed by atoms with Crippen molar-refractivity contribution < 1.29 is 19.1 Å². The predicted molar refractivity (Wildman–Crippen MR) is 107 cm³/mol. The SMILES string of the molecule is COC(=O)c1cc2cc(Cl)cc(CNC(=O)Cc3ccccc3)c2nc1OC. The van der Waals surface area contributed by atoms with Crippen molar-refractivity contribution in [1.29, 1.82) is 0 Å². The van der Waals surface area contributed by atoms with E-state index in [1.54, 1.807) is 18.2 Å². The molecule has 1 heterocycles. The summed E-state index contributed by atoms with van der Waals surface area (Å²) in [4.78, 5) is 28.7. The topological polar surface area (TPSA) is 77.5 Å². The van der Waals surface area contributed by atoms with Crippen LogP contribution in [0.5, 0.6) is 5.88 Å². The molecule has 7 heteroatoms. The largest absolute Gasteiger partial charge is 0.480 e. The number of aromatic nitrogens is 1. The minimum atomic E-state index is -0.552. The van der Waals surface area contributed by atoms with Crippen molar-refractivity contribution >= 4 is 34.4 Å². The lowest BCUT2D eigenvalue weighted by Gasteiger charge is -2.12. The molecule has 2 aromatic carbocycles. The maximum absolute atomic E-state index is 12.3. The van der Waals surface area contributed by atoms with E-state index in [0.29, 0.717) is 15.9 Å². The number of pyridine rings is 1. The van der Waals surface area contributed by atoms with Crippen molar-refractivity contribution in [3.05, 3.63) is 70.2 Å². The molecule has 1 aromatic heterocycles. The van der Waals surface area contributed by atoms with Gasteiger partial charge in [0.2, 0.25) is 11.8 Å². The van der Waals surface area contributed by atoms with Gasteiger partial charge >= 0.3 is 5.97 Å². The number of nitrogens with one attached hydrogen (secondary N) is 1. The number of carbonyl (C=O) groups excluding carboxylic acids is 2. The summed E-state index contributed by atoms with van der Waals surface area (Å²) in [6.45, 7) is 0.246. The molecule has 0 saturated heterocycles. The monoisotopic (exact) mass is 398 g/mol. The molecule has 0 aliphatic carbocycles. The second-order valence-corrected chi connectivity index (χ2v) is 6.55. The van der Waals surface area contributed by atoms with E-state index in [1.807, 2.05) is 30.3 Å². The fourth-order valence-corrected chi connectivity index (χ4v) is 3.14. The van der Waals surface area contributed by atoms with Crippen LogP contribution in [0.25, 0.3) is 10.9 Å². The Kier molecular flexibility index (Phi) is 6.11. The van der Waals surface area contributed by atoms with Crippen LogP contribution in [-0.2, 0) is 22.5 Å². The molecule has 1 N–H and O–H groups in total. The standard InChI is InChI=1S/C21H19ClN2O4/c1-27-20-17(21(26)28-2)11-14-9-16(22)10-15(19(14)24-20)12-23-18(25)8-13-6-4-3-5-7-13/h3-7,9-11H,8,12H2,1-2H3,(H,23,25). The number of halogens is 1. The van der Waals surface area contributed by atoms with Gasteiger partial charge in [0.05, 0.1) is 26.2 Å². The first-order valence-corrected chi connectivity index (χ1v) is 8.95. The van der Waals surface area contributed by atoms with Gasteiger partial charge in [0.15, 0.2) is 0 Å². The van der Waals surface area contributed by atoms with Gasteiger partial charge < -0.3 is 14.8 Å². The highest BCUT2D eigenvalue weighted by atomic mass is 35.5. The van der Waals surface area contributed by atoms with Gasteiger partial charge in [0.1, 0.15) is 5.56 Å². The Bertz CT molecular complexity index is 1020. The lowest BCUT2D eigenvalue weighted by Crippen LogP contribution is -2.24. The van der Waals surface area contributed by atoms with Crippen molar-refractivity contribution in [3.63, 3.8) is 0 Å². The van der Waals surface area contributed by atoms with Gasteiger partial charge in [-0.2, -0.15) is 0 Å². The number of hydrogen-bond acceptors (Lipinski definition) is 5. The highest BCUT2D eigenvalue weighted by Crippen LogP contribution is 2.28. The summed E-state index contributed by atoms with van der Waals surface area (Å²) in [5.74, 6) is -0.514. The number of carbonyl (C=O) groups is 2. The van der Waals surface area contributed by atoms with E-state index >= 15 is 0 Å². The number of nitrogens with zero attached hydrogens (tertiary/aromatic N) is 1. The van der Waals surface area contributed by atoms with Gasteiger partial charge in [-0.05, 0) is 29.3 Å². The summed E-state index contributed by atoms with van der Waals surface area (Å²) in [6, 6.07) is 14.5. The fraction of sp³-hybridized carbons (Fsp3) is 0.190. The molecule has 0 unspecified atom stereocenters. The van der Waals surface area contributed by atoms with Crippen LogP contribution in [-0.4, -0.2) is 31.1 Å². The van der Waals surface area contributed by atoms with Crippen molar-refractivity contribution in [2.45, 2.75) is 13.0 Å². The van der Waals surface area contributed by atoms with Crippen molar-refractivity contribution in [1.82, 2.24) is 10.3 Å². The molecule has 6 nitrogen and oxygen atoms in total. The Morgan fingerprint density at radius 1 is 1.11 bits per heavy atom. The summed E-state index contributed by atoms with van der Waals surface area (Å²) in [6.07, 6.45) is 0.280. The number of methoxy groups -OCH3 is 2. The number of rotatable bonds is 6. The van der Waals surface area contributed by atoms with Crippen molar-refractivity contribution in [2.24, 2.45) is 0 Å². The number of hydrogen-bond donors (Lipinski definition) is 1. The van der Waals surface area contributed by atoms with Gasteiger partial charge in [-0.15, -0.1) is 0 Å². The molecule has 0 atom stereocenters. The van der Waals surface area contributed by atoms with E-state index in [4.69, 9.17) is 21.1 Å². The Hall–Kier alpha value is -3.12. The van der Waals surface area contributed by atoms with Gasteiger partial charge in [-0.1, -0.05) is 41.9 Å². The normalized spacial score (nSPS) is 10.5. The van der Waals surface area contributed by atoms with Crippen LogP contribution in [0, 0.1) is 0 Å². The maximum Gasteiger partial charge on any atom is 0.343 e. The summed E-state index contributed by atoms with van der Waals surface area (Å²) in [5, 5.41) is 4.01. The molecule has 0 aliphatic heterocycles. The van der Waals surface area contributed by atoms with E-state index in [1.165, 1.54) is 14.2 Å². The maximum atomic E-state index is 12.3. The minimum Gasteiger partial charge on any atom is -0.480 e. The smallest absolute Gasteiger partial charge is 0.343 e. The third kappa shape index (κ3) is 4.40. The number of ether oxygens (including phenoxy) is 2. The average Bonchev–Trinajstić information content (AvgIpc) is 2.71. The first-order valence-electron chi connectivity index (χ1n) is 8.58. The molecule has 0 bridgehead atoms. The lowest BCUT2D eigenvalue weighted by molar-refractivity contribution is -0.120. The quantitative estimate of drug-likeness (QED) is 0.642. The van der Waals surface area contributed by atoms with Crippen molar-refractivity contribution in [2.75, 3.05) is 14.2 Å².